The number of carbonyl (C=O) groups is 1. The van der Waals surface area contributed by atoms with Crippen molar-refractivity contribution in [2.75, 3.05) is 26.8 Å². The second kappa shape index (κ2) is 7.63. The van der Waals surface area contributed by atoms with E-state index in [0.29, 0.717) is 30.2 Å². The number of rotatable bonds is 7. The monoisotopic (exact) mass is 267 g/mol. The standard InChI is InChI=1S/C14H21NO4/c1-4-15(5-2)14(17)10-19-13-7-6-12(18-3)8-11(13)9-16/h6-8,16H,4-5,9-10H2,1-3H3. The van der Waals surface area contributed by atoms with Crippen molar-refractivity contribution < 1.29 is 19.4 Å². The predicted molar refractivity (Wildman–Crippen MR) is 72.3 cm³/mol. The first-order valence-electron chi connectivity index (χ1n) is 6.34. The van der Waals surface area contributed by atoms with E-state index >= 15 is 0 Å². The molecule has 0 aromatic heterocycles. The highest BCUT2D eigenvalue weighted by Crippen LogP contribution is 2.24. The van der Waals surface area contributed by atoms with Crippen molar-refractivity contribution in [3.8, 4) is 11.5 Å². The molecule has 0 atom stereocenters. The Bertz CT molecular complexity index is 416. The Morgan fingerprint density at radius 1 is 1.32 bits per heavy atom. The summed E-state index contributed by atoms with van der Waals surface area (Å²) in [6, 6.07) is 5.12. The molecule has 0 bridgehead atoms. The van der Waals surface area contributed by atoms with Gasteiger partial charge in [-0.1, -0.05) is 0 Å². The van der Waals surface area contributed by atoms with Crippen molar-refractivity contribution in [3.63, 3.8) is 0 Å². The maximum Gasteiger partial charge on any atom is 0.260 e. The van der Waals surface area contributed by atoms with Gasteiger partial charge in [0.25, 0.3) is 5.91 Å². The average Bonchev–Trinajstić information content (AvgIpc) is 2.46. The number of aliphatic hydroxyl groups is 1. The molecule has 1 aromatic carbocycles. The number of hydrogen-bond donors (Lipinski definition) is 1. The van der Waals surface area contributed by atoms with Crippen LogP contribution >= 0.6 is 0 Å². The quantitative estimate of drug-likeness (QED) is 0.812. The number of ether oxygens (including phenoxy) is 2. The Morgan fingerprint density at radius 2 is 2.00 bits per heavy atom. The molecule has 5 nitrogen and oxygen atoms in total. The molecule has 0 fully saturated rings. The van der Waals surface area contributed by atoms with E-state index in [9.17, 15) is 9.90 Å². The number of carbonyl (C=O) groups excluding carboxylic acids is 1. The predicted octanol–water partition coefficient (Wildman–Crippen LogP) is 1.43. The van der Waals surface area contributed by atoms with Crippen LogP contribution in [0.3, 0.4) is 0 Å². The number of likely N-dealkylation sites (N-methyl/N-ethyl adjacent to an activating group) is 1. The van der Waals surface area contributed by atoms with Crippen molar-refractivity contribution in [1.82, 2.24) is 4.90 Å². The van der Waals surface area contributed by atoms with E-state index in [-0.39, 0.29) is 19.1 Å². The van der Waals surface area contributed by atoms with Gasteiger partial charge in [-0.2, -0.15) is 0 Å². The van der Waals surface area contributed by atoms with Gasteiger partial charge in [-0.3, -0.25) is 4.79 Å². The molecule has 1 amide bonds. The van der Waals surface area contributed by atoms with Crippen LogP contribution in [0.4, 0.5) is 0 Å². The lowest BCUT2D eigenvalue weighted by Gasteiger charge is -2.19. The summed E-state index contributed by atoms with van der Waals surface area (Å²) in [5.41, 5.74) is 0.603. The largest absolute Gasteiger partial charge is 0.497 e. The summed E-state index contributed by atoms with van der Waals surface area (Å²) in [4.78, 5) is 13.5. The van der Waals surface area contributed by atoms with E-state index < -0.39 is 0 Å². The van der Waals surface area contributed by atoms with Gasteiger partial charge in [0.15, 0.2) is 6.61 Å². The number of nitrogens with zero attached hydrogens (tertiary/aromatic N) is 1. The smallest absolute Gasteiger partial charge is 0.260 e. The highest BCUT2D eigenvalue weighted by molar-refractivity contribution is 5.77. The molecule has 0 radical (unpaired) electrons. The lowest BCUT2D eigenvalue weighted by molar-refractivity contribution is -0.133. The molecular formula is C14H21NO4. The molecular weight excluding hydrogens is 246 g/mol. The Labute approximate surface area is 113 Å². The van der Waals surface area contributed by atoms with Crippen LogP contribution in [0.15, 0.2) is 18.2 Å². The van der Waals surface area contributed by atoms with Crippen molar-refractivity contribution >= 4 is 5.91 Å². The van der Waals surface area contributed by atoms with Crippen LogP contribution in [-0.2, 0) is 11.4 Å². The molecule has 0 saturated heterocycles. The first kappa shape index (κ1) is 15.3. The summed E-state index contributed by atoms with van der Waals surface area (Å²) in [6.45, 7) is 4.98. The van der Waals surface area contributed by atoms with E-state index in [1.54, 1.807) is 30.2 Å². The summed E-state index contributed by atoms with van der Waals surface area (Å²) in [7, 11) is 1.56. The summed E-state index contributed by atoms with van der Waals surface area (Å²) in [5.74, 6) is 1.08. The molecule has 0 aliphatic rings. The summed E-state index contributed by atoms with van der Waals surface area (Å²) in [5, 5.41) is 9.27. The molecule has 0 heterocycles. The third-order valence-electron chi connectivity index (χ3n) is 2.91. The van der Waals surface area contributed by atoms with E-state index in [1.807, 2.05) is 13.8 Å². The molecule has 1 N–H and O–H groups in total. The van der Waals surface area contributed by atoms with E-state index in [2.05, 4.69) is 0 Å². The molecule has 0 aliphatic heterocycles. The van der Waals surface area contributed by atoms with Crippen LogP contribution < -0.4 is 9.47 Å². The maximum atomic E-state index is 11.8. The van der Waals surface area contributed by atoms with Gasteiger partial charge < -0.3 is 19.5 Å². The van der Waals surface area contributed by atoms with Gasteiger partial charge in [0.2, 0.25) is 0 Å². The minimum atomic E-state index is -0.161. The topological polar surface area (TPSA) is 59.0 Å². The summed E-state index contributed by atoms with van der Waals surface area (Å²) in [6.07, 6.45) is 0. The van der Waals surface area contributed by atoms with Gasteiger partial charge in [0, 0.05) is 18.7 Å². The van der Waals surface area contributed by atoms with Crippen molar-refractivity contribution in [2.45, 2.75) is 20.5 Å². The average molecular weight is 267 g/mol. The fourth-order valence-electron chi connectivity index (χ4n) is 1.75. The third kappa shape index (κ3) is 4.13. The highest BCUT2D eigenvalue weighted by Gasteiger charge is 2.12. The van der Waals surface area contributed by atoms with Gasteiger partial charge in [-0.25, -0.2) is 0 Å². The van der Waals surface area contributed by atoms with Crippen LogP contribution in [0.5, 0.6) is 11.5 Å². The van der Waals surface area contributed by atoms with Crippen LogP contribution in [0.25, 0.3) is 0 Å². The van der Waals surface area contributed by atoms with E-state index in [1.165, 1.54) is 0 Å². The van der Waals surface area contributed by atoms with Gasteiger partial charge in [0.1, 0.15) is 11.5 Å². The van der Waals surface area contributed by atoms with Gasteiger partial charge in [-0.05, 0) is 32.0 Å². The molecule has 0 saturated carbocycles. The summed E-state index contributed by atoms with van der Waals surface area (Å²) < 4.78 is 10.5. The molecule has 1 aromatic rings. The molecule has 5 heteroatoms. The normalized spacial score (nSPS) is 10.1. The van der Waals surface area contributed by atoms with Crippen molar-refractivity contribution in [3.05, 3.63) is 23.8 Å². The minimum absolute atomic E-state index is 0.0268. The third-order valence-corrected chi connectivity index (χ3v) is 2.91. The van der Waals surface area contributed by atoms with E-state index in [4.69, 9.17) is 9.47 Å². The van der Waals surface area contributed by atoms with Crippen LogP contribution in [0, 0.1) is 0 Å². The second-order valence-corrected chi connectivity index (χ2v) is 3.99. The molecule has 1 rings (SSSR count). The number of benzene rings is 1. The zero-order chi connectivity index (χ0) is 14.3. The highest BCUT2D eigenvalue weighted by atomic mass is 16.5. The number of aliphatic hydroxyl groups excluding tert-OH is 1. The molecule has 106 valence electrons. The molecule has 19 heavy (non-hydrogen) atoms. The second-order valence-electron chi connectivity index (χ2n) is 3.99. The maximum absolute atomic E-state index is 11.8. The SMILES string of the molecule is CCN(CC)C(=O)COc1ccc(OC)cc1CO. The molecule has 0 aliphatic carbocycles. The van der Waals surface area contributed by atoms with Crippen LogP contribution in [0.1, 0.15) is 19.4 Å². The zero-order valence-corrected chi connectivity index (χ0v) is 11.7. The fourth-order valence-corrected chi connectivity index (χ4v) is 1.75. The van der Waals surface area contributed by atoms with Gasteiger partial charge in [-0.15, -0.1) is 0 Å². The van der Waals surface area contributed by atoms with Crippen molar-refractivity contribution in [2.24, 2.45) is 0 Å². The molecule has 0 spiro atoms. The Morgan fingerprint density at radius 3 is 2.53 bits per heavy atom. The first-order valence-corrected chi connectivity index (χ1v) is 6.34. The van der Waals surface area contributed by atoms with Crippen LogP contribution in [0.2, 0.25) is 0 Å². The number of methoxy groups -OCH3 is 1. The fraction of sp³-hybridized carbons (Fsp3) is 0.500. The Hall–Kier alpha value is -1.75. The van der Waals surface area contributed by atoms with Gasteiger partial charge in [0.05, 0.1) is 13.7 Å². The van der Waals surface area contributed by atoms with Crippen molar-refractivity contribution in [1.29, 1.82) is 0 Å². The van der Waals surface area contributed by atoms with Crippen LogP contribution in [-0.4, -0.2) is 42.7 Å². The van der Waals surface area contributed by atoms with Gasteiger partial charge >= 0.3 is 0 Å². The Kier molecular flexibility index (Phi) is 6.15. The zero-order valence-electron chi connectivity index (χ0n) is 11.7. The number of hydrogen-bond acceptors (Lipinski definition) is 4. The van der Waals surface area contributed by atoms with E-state index in [0.717, 1.165) is 0 Å². The first-order chi connectivity index (χ1) is 9.15. The lowest BCUT2D eigenvalue weighted by atomic mass is 10.2. The minimum Gasteiger partial charge on any atom is -0.497 e. The Balaban J connectivity index is 2.69. The summed E-state index contributed by atoms with van der Waals surface area (Å²) >= 11 is 0. The number of amides is 1. The molecule has 0 unspecified atom stereocenters. The lowest BCUT2D eigenvalue weighted by Crippen LogP contribution is -2.34.